The maximum absolute atomic E-state index is 14.2. The van der Waals surface area contributed by atoms with Crippen molar-refractivity contribution in [1.29, 1.82) is 0 Å². The molecular formula is C20H17F2NO2. The molecule has 1 heterocycles. The molecule has 3 rings (SSSR count). The lowest BCUT2D eigenvalue weighted by atomic mass is 9.83. The van der Waals surface area contributed by atoms with Crippen LogP contribution in [0.4, 0.5) is 8.78 Å². The van der Waals surface area contributed by atoms with Crippen LogP contribution >= 0.6 is 0 Å². The normalized spacial score (nSPS) is 20.2. The van der Waals surface area contributed by atoms with Crippen molar-refractivity contribution >= 4 is 11.4 Å². The lowest BCUT2D eigenvalue weighted by Crippen LogP contribution is -2.46. The van der Waals surface area contributed by atoms with Crippen molar-refractivity contribution in [3.8, 4) is 0 Å². The predicted molar refractivity (Wildman–Crippen MR) is 90.2 cm³/mol. The number of hydrogen-bond donors (Lipinski definition) is 1. The summed E-state index contributed by atoms with van der Waals surface area (Å²) < 4.78 is 28.3. The minimum Gasteiger partial charge on any atom is -0.378 e. The van der Waals surface area contributed by atoms with Crippen LogP contribution in [-0.2, 0) is 0 Å². The molecule has 1 unspecified atom stereocenters. The zero-order chi connectivity index (χ0) is 18.1. The van der Waals surface area contributed by atoms with Gasteiger partial charge in [-0.1, -0.05) is 30.3 Å². The highest BCUT2D eigenvalue weighted by Gasteiger charge is 2.54. The third kappa shape index (κ3) is 3.29. The molecule has 128 valence electrons. The standard InChI is InChI=1S/C20H17F2NO2/c1-19(21,22)20(25)12-16(14-6-3-2-4-7-14)10-17(20)11-18(24)15-8-5-9-23-13-15/h2-9,13,25H,11-12H2,1H3. The Morgan fingerprint density at radius 1 is 1.28 bits per heavy atom. The number of hydrogen-bond acceptors (Lipinski definition) is 3. The van der Waals surface area contributed by atoms with Gasteiger partial charge in [-0.15, -0.1) is 5.73 Å². The van der Waals surface area contributed by atoms with E-state index >= 15 is 0 Å². The Hall–Kier alpha value is -2.62. The van der Waals surface area contributed by atoms with Crippen LogP contribution in [0.1, 0.15) is 35.7 Å². The van der Waals surface area contributed by atoms with E-state index in [0.717, 1.165) is 0 Å². The first kappa shape index (κ1) is 17.2. The number of Topliss-reactive ketones (excluding diaryl/α,β-unsaturated/α-hetero) is 1. The Bertz CT molecular complexity index is 850. The lowest BCUT2D eigenvalue weighted by Gasteiger charge is -2.32. The van der Waals surface area contributed by atoms with Crippen LogP contribution in [0, 0.1) is 0 Å². The number of ketones is 1. The van der Waals surface area contributed by atoms with Crippen molar-refractivity contribution in [3.05, 3.63) is 77.3 Å². The van der Waals surface area contributed by atoms with Gasteiger partial charge in [0.1, 0.15) is 0 Å². The van der Waals surface area contributed by atoms with E-state index in [2.05, 4.69) is 10.7 Å². The summed E-state index contributed by atoms with van der Waals surface area (Å²) in [4.78, 5) is 16.3. The summed E-state index contributed by atoms with van der Waals surface area (Å²) in [5, 5.41) is 10.7. The Labute approximate surface area is 144 Å². The second-order valence-corrected chi connectivity index (χ2v) is 6.22. The molecule has 25 heavy (non-hydrogen) atoms. The molecule has 1 N–H and O–H groups in total. The summed E-state index contributed by atoms with van der Waals surface area (Å²) in [7, 11) is 0. The number of aromatic nitrogens is 1. The minimum absolute atomic E-state index is 0.0901. The van der Waals surface area contributed by atoms with Gasteiger partial charge in [-0.25, -0.2) is 8.78 Å². The maximum atomic E-state index is 14.2. The summed E-state index contributed by atoms with van der Waals surface area (Å²) in [5.74, 6) is -3.78. The highest BCUT2D eigenvalue weighted by molar-refractivity contribution is 5.97. The fourth-order valence-corrected chi connectivity index (χ4v) is 2.91. The summed E-state index contributed by atoms with van der Waals surface area (Å²) in [6, 6.07) is 12.1. The first-order valence-electron chi connectivity index (χ1n) is 7.89. The molecule has 1 aliphatic rings. The van der Waals surface area contributed by atoms with Gasteiger partial charge in [-0.05, 0) is 17.7 Å². The number of halogens is 2. The van der Waals surface area contributed by atoms with Crippen LogP contribution in [0.2, 0.25) is 0 Å². The van der Waals surface area contributed by atoms with Crippen molar-refractivity contribution in [3.63, 3.8) is 0 Å². The number of aliphatic hydroxyl groups is 1. The van der Waals surface area contributed by atoms with Gasteiger partial charge in [0.25, 0.3) is 5.92 Å². The minimum atomic E-state index is -3.40. The summed E-state index contributed by atoms with van der Waals surface area (Å²) >= 11 is 0. The second-order valence-electron chi connectivity index (χ2n) is 6.22. The quantitative estimate of drug-likeness (QED) is 0.659. The molecule has 0 aliphatic heterocycles. The van der Waals surface area contributed by atoms with Crippen LogP contribution in [0.25, 0.3) is 5.57 Å². The molecule has 0 amide bonds. The van der Waals surface area contributed by atoms with Gasteiger partial charge in [-0.2, -0.15) is 0 Å². The third-order valence-corrected chi connectivity index (χ3v) is 4.40. The smallest absolute Gasteiger partial charge is 0.278 e. The summed E-state index contributed by atoms with van der Waals surface area (Å²) in [6.45, 7) is 0.664. The molecule has 0 saturated heterocycles. The van der Waals surface area contributed by atoms with Gasteiger partial charge in [0, 0.05) is 48.9 Å². The molecule has 1 aromatic carbocycles. The molecule has 0 fully saturated rings. The topological polar surface area (TPSA) is 50.2 Å². The van der Waals surface area contributed by atoms with Crippen molar-refractivity contribution in [1.82, 2.24) is 4.98 Å². The molecule has 2 aromatic rings. The molecule has 5 heteroatoms. The van der Waals surface area contributed by atoms with Gasteiger partial charge < -0.3 is 5.11 Å². The van der Waals surface area contributed by atoms with E-state index in [-0.39, 0.29) is 24.2 Å². The van der Waals surface area contributed by atoms with E-state index in [9.17, 15) is 18.7 Å². The monoisotopic (exact) mass is 341 g/mol. The lowest BCUT2D eigenvalue weighted by molar-refractivity contribution is -0.143. The first-order chi connectivity index (χ1) is 11.8. The average Bonchev–Trinajstić information content (AvgIpc) is 2.94. The zero-order valence-corrected chi connectivity index (χ0v) is 13.7. The Morgan fingerprint density at radius 2 is 2.00 bits per heavy atom. The predicted octanol–water partition coefficient (Wildman–Crippen LogP) is 4.05. The molecule has 1 atom stereocenters. The van der Waals surface area contributed by atoms with E-state index in [4.69, 9.17) is 0 Å². The molecule has 1 aliphatic carbocycles. The first-order valence-corrected chi connectivity index (χ1v) is 7.89. The molecule has 3 nitrogen and oxygen atoms in total. The van der Waals surface area contributed by atoms with E-state index in [1.165, 1.54) is 12.4 Å². The number of rotatable bonds is 5. The molecule has 0 spiro atoms. The Kier molecular flexibility index (Phi) is 4.38. The van der Waals surface area contributed by atoms with E-state index in [0.29, 0.717) is 23.6 Å². The van der Waals surface area contributed by atoms with Crippen molar-refractivity contribution in [2.45, 2.75) is 31.3 Å². The SMILES string of the molecule is CC(F)(F)C1(O)CC(c2ccccc2)=C=C1CC(=O)c1cccnc1. The number of pyridine rings is 1. The van der Waals surface area contributed by atoms with Gasteiger partial charge in [0.2, 0.25) is 0 Å². The molecule has 0 bridgehead atoms. The average molecular weight is 341 g/mol. The van der Waals surface area contributed by atoms with Crippen LogP contribution < -0.4 is 0 Å². The molecular weight excluding hydrogens is 324 g/mol. The fraction of sp³-hybridized carbons (Fsp3) is 0.250. The second kappa shape index (κ2) is 6.36. The van der Waals surface area contributed by atoms with Gasteiger partial charge in [-0.3, -0.25) is 9.78 Å². The number of carbonyl (C=O) groups is 1. The largest absolute Gasteiger partial charge is 0.378 e. The summed E-state index contributed by atoms with van der Waals surface area (Å²) in [5.41, 5.74) is 1.84. The van der Waals surface area contributed by atoms with Crippen LogP contribution in [-0.4, -0.2) is 27.4 Å². The van der Waals surface area contributed by atoms with Crippen LogP contribution in [0.15, 0.2) is 66.2 Å². The van der Waals surface area contributed by atoms with Crippen LogP contribution in [0.5, 0.6) is 0 Å². The van der Waals surface area contributed by atoms with E-state index in [1.807, 2.05) is 6.07 Å². The van der Waals surface area contributed by atoms with Crippen molar-refractivity contribution in [2.24, 2.45) is 0 Å². The van der Waals surface area contributed by atoms with Gasteiger partial charge >= 0.3 is 0 Å². The highest BCUT2D eigenvalue weighted by Crippen LogP contribution is 2.46. The summed E-state index contributed by atoms with van der Waals surface area (Å²) in [6.07, 6.45) is 2.29. The number of nitrogens with zero attached hydrogens (tertiary/aromatic N) is 1. The van der Waals surface area contributed by atoms with Gasteiger partial charge in [0.05, 0.1) is 0 Å². The van der Waals surface area contributed by atoms with Crippen LogP contribution in [0.3, 0.4) is 0 Å². The number of alkyl halides is 2. The number of carbonyl (C=O) groups excluding carboxylic acids is 1. The molecule has 1 aromatic heterocycles. The molecule has 0 radical (unpaired) electrons. The van der Waals surface area contributed by atoms with Crippen molar-refractivity contribution in [2.75, 3.05) is 0 Å². The Morgan fingerprint density at radius 3 is 2.60 bits per heavy atom. The molecule has 0 saturated carbocycles. The fourth-order valence-electron chi connectivity index (χ4n) is 2.91. The van der Waals surface area contributed by atoms with Crippen molar-refractivity contribution < 1.29 is 18.7 Å². The van der Waals surface area contributed by atoms with E-state index in [1.54, 1.807) is 36.4 Å². The third-order valence-electron chi connectivity index (χ3n) is 4.40. The maximum Gasteiger partial charge on any atom is 0.278 e. The number of benzene rings is 1. The van der Waals surface area contributed by atoms with E-state index < -0.39 is 11.5 Å². The Balaban J connectivity index is 2.00. The van der Waals surface area contributed by atoms with Gasteiger partial charge in [0.15, 0.2) is 11.4 Å². The zero-order valence-electron chi connectivity index (χ0n) is 13.7. The highest BCUT2D eigenvalue weighted by atomic mass is 19.3.